The van der Waals surface area contributed by atoms with Crippen LogP contribution in [0.15, 0.2) is 18.5 Å². The fourth-order valence-electron chi connectivity index (χ4n) is 2.65. The lowest BCUT2D eigenvalue weighted by atomic mass is 9.92. The lowest BCUT2D eigenvalue weighted by Gasteiger charge is -2.41. The van der Waals surface area contributed by atoms with Crippen LogP contribution in [0.3, 0.4) is 0 Å². The maximum absolute atomic E-state index is 12.5. The molecule has 23 heavy (non-hydrogen) atoms. The van der Waals surface area contributed by atoms with Gasteiger partial charge in [-0.25, -0.2) is 16.5 Å². The van der Waals surface area contributed by atoms with Crippen molar-refractivity contribution in [2.75, 3.05) is 31.5 Å². The summed E-state index contributed by atoms with van der Waals surface area (Å²) in [5.41, 5.74) is 0.250. The van der Waals surface area contributed by atoms with Gasteiger partial charge in [0.25, 0.3) is 6.50 Å². The van der Waals surface area contributed by atoms with Gasteiger partial charge in [0.2, 0.25) is 0 Å². The van der Waals surface area contributed by atoms with E-state index < -0.39 is 24.3 Å². The molecule has 7 heteroatoms. The number of carbonyl (C=O) groups excluding carboxylic acids is 1. The van der Waals surface area contributed by atoms with Crippen molar-refractivity contribution in [3.8, 4) is 0 Å². The molecule has 3 rings (SSSR count). The first-order valence-electron chi connectivity index (χ1n) is 10.1. The molecule has 1 aliphatic rings. The summed E-state index contributed by atoms with van der Waals surface area (Å²) in [5, 5.41) is 0.283. The second kappa shape index (κ2) is 6.24. The van der Waals surface area contributed by atoms with Gasteiger partial charge in [0.1, 0.15) is 21.9 Å². The summed E-state index contributed by atoms with van der Waals surface area (Å²) in [7, 11) is 1.49. The first-order chi connectivity index (χ1) is 13.3. The minimum atomic E-state index is -2.75. The second-order valence-electron chi connectivity index (χ2n) is 5.29. The van der Waals surface area contributed by atoms with Gasteiger partial charge in [0.05, 0.1) is 14.1 Å². The number of hydrogen-bond acceptors (Lipinski definition) is 4. The molecule has 1 fully saturated rings. The molecule has 0 aromatic carbocycles. The van der Waals surface area contributed by atoms with Crippen molar-refractivity contribution < 1.29 is 13.0 Å². The normalized spacial score (nSPS) is 32.0. The van der Waals surface area contributed by atoms with Crippen molar-refractivity contribution in [3.63, 3.8) is 0 Å². The summed E-state index contributed by atoms with van der Waals surface area (Å²) in [6, 6.07) is -1.72. The number of hydrogen-bond donors (Lipinski definition) is 1. The van der Waals surface area contributed by atoms with Crippen molar-refractivity contribution in [2.45, 2.75) is 19.4 Å². The maximum Gasteiger partial charge on any atom is 0.302 e. The van der Waals surface area contributed by atoms with Gasteiger partial charge in [-0.15, -0.1) is 0 Å². The molecule has 0 spiro atoms. The van der Waals surface area contributed by atoms with E-state index in [-0.39, 0.29) is 48.7 Å². The number of aromatic nitrogens is 3. The first-order valence-corrected chi connectivity index (χ1v) is 7.08. The highest BCUT2D eigenvalue weighted by molar-refractivity contribution is 5.87. The largest absolute Gasteiger partial charge is 0.354 e. The molecule has 1 N–H and O–H groups in total. The van der Waals surface area contributed by atoms with Gasteiger partial charge in [-0.1, -0.05) is 6.92 Å². The smallest absolute Gasteiger partial charge is 0.302 e. The van der Waals surface area contributed by atoms with Crippen molar-refractivity contribution in [3.05, 3.63) is 30.0 Å². The Morgan fingerprint density at radius 2 is 2.57 bits per heavy atom. The molecular weight excluding hydrogens is 292 g/mol. The first kappa shape index (κ1) is 9.50. The fourth-order valence-corrected chi connectivity index (χ4v) is 2.65. The molecule has 1 amide bonds. The zero-order valence-corrected chi connectivity index (χ0v) is 12.8. The number of rotatable bonds is 3. The number of piperidine rings is 1. The van der Waals surface area contributed by atoms with Crippen LogP contribution in [0.2, 0.25) is 0 Å². The van der Waals surface area contributed by atoms with E-state index in [2.05, 4.69) is 19.8 Å². The number of likely N-dealkylation sites (N-methyl/N-ethyl adjacent to an activating group) is 1. The summed E-state index contributed by atoms with van der Waals surface area (Å²) in [4.78, 5) is 28.4. The summed E-state index contributed by atoms with van der Waals surface area (Å²) in [6.45, 7) is 5.41. The number of anilines is 1. The van der Waals surface area contributed by atoms with Gasteiger partial charge in [-0.05, 0) is 18.4 Å². The molecule has 2 aromatic heterocycles. The monoisotopic (exact) mass is 318 g/mol. The lowest BCUT2D eigenvalue weighted by Crippen LogP contribution is -2.53. The number of nitrogens with one attached hydrogen (secondary N) is 1. The number of amides is 1. The average molecular weight is 318 g/mol. The van der Waals surface area contributed by atoms with E-state index in [0.717, 1.165) is 4.90 Å². The molecule has 0 radical (unpaired) electrons. The van der Waals surface area contributed by atoms with Gasteiger partial charge in [0.15, 0.2) is 0 Å². The third kappa shape index (κ3) is 2.84. The molecule has 120 valence electrons. The van der Waals surface area contributed by atoms with Gasteiger partial charge >= 0.3 is 5.91 Å². The van der Waals surface area contributed by atoms with Crippen LogP contribution in [0.4, 0.5) is 5.82 Å². The van der Waals surface area contributed by atoms with Crippen LogP contribution in [0, 0.1) is 12.5 Å². The van der Waals surface area contributed by atoms with Crippen molar-refractivity contribution >= 4 is 22.8 Å². The van der Waals surface area contributed by atoms with E-state index >= 15 is 0 Å². The minimum absolute atomic E-state index is 0.0407. The molecule has 3 heterocycles. The summed E-state index contributed by atoms with van der Waals surface area (Å²) >= 11 is 0. The van der Waals surface area contributed by atoms with Gasteiger partial charge < -0.3 is 19.6 Å². The summed E-state index contributed by atoms with van der Waals surface area (Å²) in [6.07, 6.45) is 1.13. The minimum Gasteiger partial charge on any atom is -0.354 e. The van der Waals surface area contributed by atoms with Crippen LogP contribution in [0.25, 0.3) is 15.9 Å². The van der Waals surface area contributed by atoms with E-state index in [1.807, 2.05) is 0 Å². The average Bonchev–Trinajstić information content (AvgIpc) is 3.02. The van der Waals surface area contributed by atoms with E-state index in [1.54, 1.807) is 6.92 Å². The molecule has 0 bridgehead atoms. The second-order valence-corrected chi connectivity index (χ2v) is 5.29. The van der Waals surface area contributed by atoms with Gasteiger partial charge in [0, 0.05) is 27.7 Å². The standard InChI is InChI=1S/C16H20N6O/c1-11-5-7-22(14(23)8-17-2)9-13(11)21(3)16-12-4-6-18-15(12)19-10-20-16/h4,6,10-11,13H,5,7-9H2,1,3H3,(H,18,19,20)/t11-,13+/m1/s1/i4D,8D2,10D,11D,13D. The molecule has 7 nitrogen and oxygen atoms in total. The Morgan fingerprint density at radius 1 is 1.74 bits per heavy atom. The van der Waals surface area contributed by atoms with Crippen LogP contribution < -0.4 is 4.90 Å². The number of fused-ring (bicyclic) bond motifs is 1. The fraction of sp³-hybridized carbons (Fsp3) is 0.500. The molecule has 0 unspecified atom stereocenters. The van der Waals surface area contributed by atoms with Crippen LogP contribution in [-0.2, 0) is 4.79 Å². The number of aromatic amines is 1. The molecule has 0 aliphatic carbocycles. The number of carbonyl (C=O) groups is 1. The Bertz CT molecular complexity index is 1020. The predicted octanol–water partition coefficient (Wildman–Crippen LogP) is 1.55. The van der Waals surface area contributed by atoms with E-state index in [1.165, 1.54) is 18.1 Å². The Balaban J connectivity index is 2.08. The molecule has 2 atom stereocenters. The SMILES string of the molecule is [2H]c1nc(N(C)[C@@]2([2H])CN(C(=O)C([2H])([2H])[N+]#[C-])CC[C@@]2([2H])C)c2c([2H])c[nH]c2n1. The zero-order chi connectivity index (χ0) is 21.8. The van der Waals surface area contributed by atoms with Crippen LogP contribution >= 0.6 is 0 Å². The van der Waals surface area contributed by atoms with Gasteiger partial charge in [-0.2, -0.15) is 0 Å². The van der Waals surface area contributed by atoms with E-state index in [0.29, 0.717) is 0 Å². The van der Waals surface area contributed by atoms with E-state index in [4.69, 9.17) is 14.8 Å². The highest BCUT2D eigenvalue weighted by Gasteiger charge is 2.33. The molecule has 0 saturated carbocycles. The zero-order valence-electron chi connectivity index (χ0n) is 18.8. The van der Waals surface area contributed by atoms with Crippen LogP contribution in [0.5, 0.6) is 0 Å². The van der Waals surface area contributed by atoms with Crippen LogP contribution in [-0.4, -0.2) is 58.4 Å². The van der Waals surface area contributed by atoms with Gasteiger partial charge in [-0.3, -0.25) is 4.79 Å². The van der Waals surface area contributed by atoms with Crippen molar-refractivity contribution in [1.29, 1.82) is 0 Å². The Labute approximate surface area is 143 Å². The predicted molar refractivity (Wildman–Crippen MR) is 87.9 cm³/mol. The molecular formula is C16H20N6O. The number of nitrogens with zero attached hydrogens (tertiary/aromatic N) is 5. The highest BCUT2D eigenvalue weighted by atomic mass is 16.2. The van der Waals surface area contributed by atoms with Crippen molar-refractivity contribution in [1.82, 2.24) is 19.9 Å². The third-order valence-corrected chi connectivity index (χ3v) is 3.95. The maximum atomic E-state index is 12.5. The third-order valence-electron chi connectivity index (χ3n) is 3.95. The number of H-pyrrole nitrogens is 1. The Hall–Kier alpha value is -2.62. The highest BCUT2D eigenvalue weighted by Crippen LogP contribution is 2.28. The van der Waals surface area contributed by atoms with Crippen LogP contribution in [0.1, 0.15) is 21.6 Å². The lowest BCUT2D eigenvalue weighted by molar-refractivity contribution is -0.130. The topological polar surface area (TPSA) is 69.5 Å². The molecule has 2 aromatic rings. The summed E-state index contributed by atoms with van der Waals surface area (Å²) in [5.74, 6) is -2.34. The Kier molecular flexibility index (Phi) is 2.58. The van der Waals surface area contributed by atoms with Crippen molar-refractivity contribution in [2.24, 2.45) is 5.89 Å². The summed E-state index contributed by atoms with van der Waals surface area (Å²) < 4.78 is 48.9. The Morgan fingerprint density at radius 3 is 3.35 bits per heavy atom. The molecule has 1 aliphatic heterocycles. The number of likely N-dealkylation sites (tertiary alicyclic amines) is 1. The quantitative estimate of drug-likeness (QED) is 0.872. The van der Waals surface area contributed by atoms with E-state index in [9.17, 15) is 4.79 Å². The molecule has 1 saturated heterocycles.